The Labute approximate surface area is 143 Å². The Balaban J connectivity index is 2.48. The summed E-state index contributed by atoms with van der Waals surface area (Å²) >= 11 is 0. The van der Waals surface area contributed by atoms with Gasteiger partial charge in [0.25, 0.3) is 0 Å². The monoisotopic (exact) mass is 338 g/mol. The molecule has 0 heterocycles. The van der Waals surface area contributed by atoms with E-state index in [-0.39, 0.29) is 10.6 Å². The van der Waals surface area contributed by atoms with Gasteiger partial charge in [0.05, 0.1) is 25.4 Å². The third-order valence-electron chi connectivity index (χ3n) is 4.70. The Kier molecular flexibility index (Phi) is 7.02. The first-order valence-corrected chi connectivity index (χ1v) is 11.2. The molecular formula is C19H34O3Si. The summed E-state index contributed by atoms with van der Waals surface area (Å²) in [6.07, 6.45) is 0. The molecule has 1 aromatic rings. The van der Waals surface area contributed by atoms with E-state index in [2.05, 4.69) is 58.1 Å². The standard InChI is InChI=1S/C19H34O3Si/c1-18(2,3)23(7,8)22-14-17-11-9-16(10-12-17)13-21-15-19(4,5)20-6/h9-12H,13-15H2,1-8H3. The quantitative estimate of drug-likeness (QED) is 0.614. The summed E-state index contributed by atoms with van der Waals surface area (Å²) in [6, 6.07) is 8.49. The van der Waals surface area contributed by atoms with Crippen molar-refractivity contribution in [3.05, 3.63) is 35.4 Å². The fourth-order valence-electron chi connectivity index (χ4n) is 1.69. The Bertz CT molecular complexity index is 472. The maximum atomic E-state index is 6.25. The molecular weight excluding hydrogens is 304 g/mol. The lowest BCUT2D eigenvalue weighted by Gasteiger charge is -2.36. The van der Waals surface area contributed by atoms with Crippen LogP contribution in [0, 0.1) is 0 Å². The van der Waals surface area contributed by atoms with Gasteiger partial charge in [-0.2, -0.15) is 0 Å². The zero-order valence-corrected chi connectivity index (χ0v) is 17.2. The van der Waals surface area contributed by atoms with E-state index < -0.39 is 8.32 Å². The molecule has 0 atom stereocenters. The van der Waals surface area contributed by atoms with E-state index in [1.165, 1.54) is 11.1 Å². The van der Waals surface area contributed by atoms with Crippen molar-refractivity contribution in [2.24, 2.45) is 0 Å². The zero-order valence-electron chi connectivity index (χ0n) is 16.2. The lowest BCUT2D eigenvalue weighted by molar-refractivity contribution is -0.0554. The molecule has 0 aliphatic heterocycles. The first-order valence-electron chi connectivity index (χ1n) is 8.31. The Morgan fingerprint density at radius 1 is 0.870 bits per heavy atom. The minimum atomic E-state index is -1.69. The fourth-order valence-corrected chi connectivity index (χ4v) is 2.65. The van der Waals surface area contributed by atoms with E-state index in [0.717, 1.165) is 0 Å². The van der Waals surface area contributed by atoms with Gasteiger partial charge < -0.3 is 13.9 Å². The fraction of sp³-hybridized carbons (Fsp3) is 0.684. The number of methoxy groups -OCH3 is 1. The van der Waals surface area contributed by atoms with Crippen molar-refractivity contribution in [2.75, 3.05) is 13.7 Å². The predicted octanol–water partition coefficient (Wildman–Crippen LogP) is 5.15. The van der Waals surface area contributed by atoms with Crippen molar-refractivity contribution in [3.63, 3.8) is 0 Å². The van der Waals surface area contributed by atoms with Gasteiger partial charge >= 0.3 is 0 Å². The molecule has 0 unspecified atom stereocenters. The van der Waals surface area contributed by atoms with E-state index in [0.29, 0.717) is 19.8 Å². The highest BCUT2D eigenvalue weighted by Gasteiger charge is 2.36. The highest BCUT2D eigenvalue weighted by atomic mass is 28.4. The highest BCUT2D eigenvalue weighted by Crippen LogP contribution is 2.37. The van der Waals surface area contributed by atoms with Gasteiger partial charge in [-0.05, 0) is 43.1 Å². The molecule has 0 aliphatic carbocycles. The third kappa shape index (κ3) is 6.75. The first-order chi connectivity index (χ1) is 10.5. The topological polar surface area (TPSA) is 27.7 Å². The second kappa shape index (κ2) is 7.93. The molecule has 0 saturated carbocycles. The number of hydrogen-bond acceptors (Lipinski definition) is 3. The highest BCUT2D eigenvalue weighted by molar-refractivity contribution is 6.74. The molecule has 0 fully saturated rings. The van der Waals surface area contributed by atoms with Crippen molar-refractivity contribution < 1.29 is 13.9 Å². The average molecular weight is 339 g/mol. The van der Waals surface area contributed by atoms with Crippen LogP contribution in [-0.4, -0.2) is 27.6 Å². The summed E-state index contributed by atoms with van der Waals surface area (Å²) < 4.78 is 17.3. The second-order valence-electron chi connectivity index (χ2n) is 8.32. The van der Waals surface area contributed by atoms with Gasteiger partial charge in [-0.15, -0.1) is 0 Å². The van der Waals surface area contributed by atoms with E-state index in [1.54, 1.807) is 7.11 Å². The molecule has 3 nitrogen and oxygen atoms in total. The van der Waals surface area contributed by atoms with Crippen LogP contribution in [-0.2, 0) is 27.1 Å². The van der Waals surface area contributed by atoms with Crippen LogP contribution in [0.3, 0.4) is 0 Å². The minimum Gasteiger partial charge on any atom is -0.413 e. The average Bonchev–Trinajstić information content (AvgIpc) is 2.45. The molecule has 0 spiro atoms. The maximum absolute atomic E-state index is 6.25. The minimum absolute atomic E-state index is 0.239. The summed E-state index contributed by atoms with van der Waals surface area (Å²) in [4.78, 5) is 0. The maximum Gasteiger partial charge on any atom is 0.192 e. The van der Waals surface area contributed by atoms with Crippen LogP contribution < -0.4 is 0 Å². The van der Waals surface area contributed by atoms with Crippen molar-refractivity contribution in [2.45, 2.75) is 71.6 Å². The Morgan fingerprint density at radius 3 is 1.78 bits per heavy atom. The lowest BCUT2D eigenvalue weighted by Crippen LogP contribution is -2.40. The summed E-state index contributed by atoms with van der Waals surface area (Å²) in [7, 11) is 0.0228. The van der Waals surface area contributed by atoms with Crippen LogP contribution in [0.15, 0.2) is 24.3 Å². The van der Waals surface area contributed by atoms with Crippen LogP contribution in [0.1, 0.15) is 45.7 Å². The summed E-state index contributed by atoms with van der Waals surface area (Å²) in [5, 5.41) is 0.245. The number of ether oxygens (including phenoxy) is 2. The van der Waals surface area contributed by atoms with Crippen molar-refractivity contribution in [1.29, 1.82) is 0 Å². The SMILES string of the molecule is COC(C)(C)COCc1ccc(CO[Si](C)(C)C(C)(C)C)cc1. The molecule has 23 heavy (non-hydrogen) atoms. The largest absolute Gasteiger partial charge is 0.413 e. The molecule has 1 rings (SSSR count). The molecule has 0 N–H and O–H groups in total. The van der Waals surface area contributed by atoms with Crippen LogP contribution in [0.2, 0.25) is 18.1 Å². The van der Waals surface area contributed by atoms with Crippen molar-refractivity contribution in [1.82, 2.24) is 0 Å². The first kappa shape index (κ1) is 20.4. The number of benzene rings is 1. The predicted molar refractivity (Wildman–Crippen MR) is 99.2 cm³/mol. The molecule has 0 bridgehead atoms. The molecule has 0 saturated heterocycles. The number of rotatable bonds is 8. The Hall–Kier alpha value is -0.683. The van der Waals surface area contributed by atoms with Gasteiger partial charge in [0, 0.05) is 7.11 Å². The van der Waals surface area contributed by atoms with E-state index >= 15 is 0 Å². The van der Waals surface area contributed by atoms with Gasteiger partial charge in [0.15, 0.2) is 8.32 Å². The molecule has 1 aromatic carbocycles. The molecule has 4 heteroatoms. The summed E-state index contributed by atoms with van der Waals surface area (Å²) in [5.41, 5.74) is 2.15. The lowest BCUT2D eigenvalue weighted by atomic mass is 10.1. The van der Waals surface area contributed by atoms with E-state index in [9.17, 15) is 0 Å². The molecule has 132 valence electrons. The smallest absolute Gasteiger partial charge is 0.192 e. The molecule has 0 radical (unpaired) electrons. The Morgan fingerprint density at radius 2 is 1.35 bits per heavy atom. The third-order valence-corrected chi connectivity index (χ3v) is 9.18. The van der Waals surface area contributed by atoms with E-state index in [1.807, 2.05) is 13.8 Å². The van der Waals surface area contributed by atoms with Crippen LogP contribution in [0.4, 0.5) is 0 Å². The molecule has 0 aliphatic rings. The van der Waals surface area contributed by atoms with Gasteiger partial charge in [-0.3, -0.25) is 0 Å². The van der Waals surface area contributed by atoms with Crippen molar-refractivity contribution >= 4 is 8.32 Å². The van der Waals surface area contributed by atoms with Crippen LogP contribution in [0.25, 0.3) is 0 Å². The summed E-state index contributed by atoms with van der Waals surface area (Å²) in [5.74, 6) is 0. The van der Waals surface area contributed by atoms with Gasteiger partial charge in [-0.1, -0.05) is 45.0 Å². The molecule has 0 aromatic heterocycles. The zero-order chi connectivity index (χ0) is 17.7. The van der Waals surface area contributed by atoms with E-state index in [4.69, 9.17) is 13.9 Å². The van der Waals surface area contributed by atoms with Crippen LogP contribution in [0.5, 0.6) is 0 Å². The van der Waals surface area contributed by atoms with Gasteiger partial charge in [0.1, 0.15) is 0 Å². The van der Waals surface area contributed by atoms with Gasteiger partial charge in [0.2, 0.25) is 0 Å². The van der Waals surface area contributed by atoms with Crippen molar-refractivity contribution in [3.8, 4) is 0 Å². The normalized spacial score (nSPS) is 13.4. The van der Waals surface area contributed by atoms with Gasteiger partial charge in [-0.25, -0.2) is 0 Å². The summed E-state index contributed by atoms with van der Waals surface area (Å²) in [6.45, 7) is 17.3. The number of hydrogen-bond donors (Lipinski definition) is 0. The molecule has 0 amide bonds. The second-order valence-corrected chi connectivity index (χ2v) is 13.1. The van der Waals surface area contributed by atoms with Crippen LogP contribution >= 0.6 is 0 Å².